The molecule has 0 aromatic heterocycles. The molecule has 208 valence electrons. The van der Waals surface area contributed by atoms with Gasteiger partial charge in [-0.2, -0.15) is 0 Å². The standard InChI is InChI=1S/C30H43NO6Si/c1-21-22(2)28(31-23(3)32)29(37-27(21)20-35-24(4)33)34-18-19-36-38(30(5,6)7,25-14-10-8-11-15-25)26-16-12-9-13-17-26/h8-17,21-22,27-29H,18-20H2,1-7H3,(H,31,32)/t21-,22+,27-,28-,29?/m1/s1. The van der Waals surface area contributed by atoms with E-state index in [-0.39, 0.29) is 54.1 Å². The van der Waals surface area contributed by atoms with E-state index < -0.39 is 14.6 Å². The molecule has 1 aliphatic heterocycles. The minimum atomic E-state index is -2.69. The summed E-state index contributed by atoms with van der Waals surface area (Å²) in [4.78, 5) is 23.4. The van der Waals surface area contributed by atoms with Gasteiger partial charge in [0.1, 0.15) is 6.61 Å². The monoisotopic (exact) mass is 541 g/mol. The molecule has 2 aromatic rings. The van der Waals surface area contributed by atoms with Gasteiger partial charge in [0.05, 0.1) is 25.4 Å². The summed E-state index contributed by atoms with van der Waals surface area (Å²) in [5, 5.41) is 5.26. The molecule has 1 fully saturated rings. The Balaban J connectivity index is 1.80. The van der Waals surface area contributed by atoms with E-state index in [1.807, 2.05) is 19.1 Å². The molecule has 0 saturated carbocycles. The predicted octanol–water partition coefficient (Wildman–Crippen LogP) is 3.64. The molecule has 1 amide bonds. The molecule has 2 aromatic carbocycles. The Hall–Kier alpha value is -2.52. The maximum absolute atomic E-state index is 12.0. The van der Waals surface area contributed by atoms with Crippen LogP contribution < -0.4 is 15.7 Å². The van der Waals surface area contributed by atoms with Gasteiger partial charge in [-0.15, -0.1) is 0 Å². The van der Waals surface area contributed by atoms with Crippen molar-refractivity contribution < 1.29 is 28.2 Å². The maximum Gasteiger partial charge on any atom is 0.302 e. The fraction of sp³-hybridized carbons (Fsp3) is 0.533. The lowest BCUT2D eigenvalue weighted by molar-refractivity contribution is -0.245. The van der Waals surface area contributed by atoms with Crippen molar-refractivity contribution >= 4 is 30.6 Å². The maximum atomic E-state index is 12.0. The molecule has 1 heterocycles. The second-order valence-corrected chi connectivity index (χ2v) is 15.5. The van der Waals surface area contributed by atoms with Gasteiger partial charge in [-0.25, -0.2) is 0 Å². The van der Waals surface area contributed by atoms with Crippen LogP contribution in [0, 0.1) is 11.8 Å². The van der Waals surface area contributed by atoms with E-state index in [1.165, 1.54) is 24.2 Å². The quantitative estimate of drug-likeness (QED) is 0.281. The lowest BCUT2D eigenvalue weighted by Gasteiger charge is -2.45. The largest absolute Gasteiger partial charge is 0.463 e. The van der Waals surface area contributed by atoms with E-state index in [9.17, 15) is 9.59 Å². The Labute approximate surface area is 228 Å². The zero-order chi connectivity index (χ0) is 27.9. The van der Waals surface area contributed by atoms with Crippen LogP contribution in [0.25, 0.3) is 0 Å². The Bertz CT molecular complexity index is 1000. The molecule has 7 nitrogen and oxygen atoms in total. The van der Waals surface area contributed by atoms with Gasteiger partial charge in [0.15, 0.2) is 6.29 Å². The van der Waals surface area contributed by atoms with Crippen LogP contribution in [0.4, 0.5) is 0 Å². The molecule has 0 spiro atoms. The van der Waals surface area contributed by atoms with Gasteiger partial charge < -0.3 is 24.0 Å². The van der Waals surface area contributed by atoms with Crippen molar-refractivity contribution in [2.45, 2.75) is 71.9 Å². The average molecular weight is 542 g/mol. The van der Waals surface area contributed by atoms with Gasteiger partial charge in [0.25, 0.3) is 8.32 Å². The number of hydrogen-bond acceptors (Lipinski definition) is 6. The van der Waals surface area contributed by atoms with Crippen molar-refractivity contribution in [1.29, 1.82) is 0 Å². The van der Waals surface area contributed by atoms with E-state index in [2.05, 4.69) is 81.5 Å². The Morgan fingerprint density at radius 3 is 1.92 bits per heavy atom. The van der Waals surface area contributed by atoms with Gasteiger partial charge in [-0.05, 0) is 27.2 Å². The number of benzene rings is 2. The molecule has 0 aliphatic carbocycles. The van der Waals surface area contributed by atoms with Gasteiger partial charge >= 0.3 is 5.97 Å². The van der Waals surface area contributed by atoms with Crippen LogP contribution >= 0.6 is 0 Å². The summed E-state index contributed by atoms with van der Waals surface area (Å²) >= 11 is 0. The summed E-state index contributed by atoms with van der Waals surface area (Å²) < 4.78 is 24.7. The minimum Gasteiger partial charge on any atom is -0.463 e. The number of ether oxygens (including phenoxy) is 3. The van der Waals surface area contributed by atoms with E-state index >= 15 is 0 Å². The van der Waals surface area contributed by atoms with E-state index in [0.717, 1.165) is 0 Å². The van der Waals surface area contributed by atoms with Crippen LogP contribution in [0.3, 0.4) is 0 Å². The summed E-state index contributed by atoms with van der Waals surface area (Å²) in [6, 6.07) is 20.6. The van der Waals surface area contributed by atoms with Crippen LogP contribution in [0.1, 0.15) is 48.5 Å². The first-order chi connectivity index (χ1) is 18.0. The molecule has 1 aliphatic rings. The first-order valence-corrected chi connectivity index (χ1v) is 15.3. The van der Waals surface area contributed by atoms with Crippen LogP contribution in [0.15, 0.2) is 60.7 Å². The van der Waals surface area contributed by atoms with Crippen LogP contribution in [0.5, 0.6) is 0 Å². The van der Waals surface area contributed by atoms with Crippen molar-refractivity contribution in [2.24, 2.45) is 11.8 Å². The average Bonchev–Trinajstić information content (AvgIpc) is 2.87. The predicted molar refractivity (Wildman–Crippen MR) is 151 cm³/mol. The van der Waals surface area contributed by atoms with Gasteiger partial charge in [0, 0.05) is 13.8 Å². The third kappa shape index (κ3) is 6.91. The number of rotatable bonds is 10. The molecule has 0 radical (unpaired) electrons. The molecule has 8 heteroatoms. The number of amides is 1. The highest BCUT2D eigenvalue weighted by Crippen LogP contribution is 2.37. The Morgan fingerprint density at radius 1 is 0.895 bits per heavy atom. The highest BCUT2D eigenvalue weighted by Gasteiger charge is 2.50. The number of hydrogen-bond donors (Lipinski definition) is 1. The first-order valence-electron chi connectivity index (χ1n) is 13.4. The van der Waals surface area contributed by atoms with Gasteiger partial charge in [0.2, 0.25) is 5.91 Å². The zero-order valence-electron chi connectivity index (χ0n) is 23.7. The molecule has 1 N–H and O–H groups in total. The van der Waals surface area contributed by atoms with Crippen molar-refractivity contribution in [1.82, 2.24) is 5.32 Å². The minimum absolute atomic E-state index is 0.0517. The third-order valence-electron chi connectivity index (χ3n) is 7.51. The van der Waals surface area contributed by atoms with Crippen LogP contribution in [-0.2, 0) is 28.2 Å². The SMILES string of the molecule is CC(=O)N[C@H]1C(OCCO[Si](c2ccccc2)(c2ccccc2)C(C)(C)C)O[C@H](COC(C)=O)[C@H](C)[C@@H]1C. The molecule has 0 bridgehead atoms. The van der Waals surface area contributed by atoms with Crippen molar-refractivity contribution in [2.75, 3.05) is 19.8 Å². The molecule has 1 saturated heterocycles. The van der Waals surface area contributed by atoms with Crippen LogP contribution in [-0.4, -0.2) is 58.5 Å². The molecule has 1 unspecified atom stereocenters. The first kappa shape index (κ1) is 30.0. The van der Waals surface area contributed by atoms with Crippen LogP contribution in [0.2, 0.25) is 5.04 Å². The molecular formula is C30H43NO6Si. The zero-order valence-corrected chi connectivity index (χ0v) is 24.7. The Kier molecular flexibility index (Phi) is 10.3. The number of carbonyl (C=O) groups is 2. The third-order valence-corrected chi connectivity index (χ3v) is 12.5. The van der Waals surface area contributed by atoms with Crippen molar-refractivity contribution in [3.05, 3.63) is 60.7 Å². The topological polar surface area (TPSA) is 83.1 Å². The number of nitrogens with one attached hydrogen (secondary N) is 1. The van der Waals surface area contributed by atoms with Gasteiger partial charge in [-0.1, -0.05) is 95.3 Å². The van der Waals surface area contributed by atoms with E-state index in [0.29, 0.717) is 6.61 Å². The molecule has 3 rings (SSSR count). The fourth-order valence-electron chi connectivity index (χ4n) is 5.38. The van der Waals surface area contributed by atoms with E-state index in [4.69, 9.17) is 18.6 Å². The fourth-order valence-corrected chi connectivity index (χ4v) is 9.93. The summed E-state index contributed by atoms with van der Waals surface area (Å²) in [5.74, 6) is -0.392. The summed E-state index contributed by atoms with van der Waals surface area (Å²) in [6.45, 7) is 14.5. The van der Waals surface area contributed by atoms with Gasteiger partial charge in [-0.3, -0.25) is 9.59 Å². The lowest BCUT2D eigenvalue weighted by atomic mass is 9.82. The highest BCUT2D eigenvalue weighted by molar-refractivity contribution is 6.99. The van der Waals surface area contributed by atoms with E-state index in [1.54, 1.807) is 0 Å². The van der Waals surface area contributed by atoms with Crippen molar-refractivity contribution in [3.8, 4) is 0 Å². The Morgan fingerprint density at radius 2 is 1.45 bits per heavy atom. The highest BCUT2D eigenvalue weighted by atomic mass is 28.4. The molecule has 5 atom stereocenters. The number of esters is 1. The number of carbonyl (C=O) groups excluding carboxylic acids is 2. The summed E-state index contributed by atoms with van der Waals surface area (Å²) in [6.07, 6.45) is -1.02. The smallest absolute Gasteiger partial charge is 0.302 e. The normalized spacial score (nSPS) is 24.0. The summed E-state index contributed by atoms with van der Waals surface area (Å²) in [7, 11) is -2.69. The molecule has 38 heavy (non-hydrogen) atoms. The lowest BCUT2D eigenvalue weighted by Crippen LogP contribution is -2.66. The second-order valence-electron chi connectivity index (χ2n) is 11.2. The van der Waals surface area contributed by atoms with Crippen molar-refractivity contribution in [3.63, 3.8) is 0 Å². The summed E-state index contributed by atoms with van der Waals surface area (Å²) in [5.41, 5.74) is 0. The molecular weight excluding hydrogens is 498 g/mol. The second kappa shape index (κ2) is 13.0.